The van der Waals surface area contributed by atoms with Crippen LogP contribution < -0.4 is 4.74 Å². The molecule has 4 nitrogen and oxygen atoms in total. The van der Waals surface area contributed by atoms with E-state index >= 15 is 0 Å². The van der Waals surface area contributed by atoms with E-state index in [1.807, 2.05) is 19.1 Å². The third kappa shape index (κ3) is 2.59. The highest BCUT2D eigenvalue weighted by Gasteiger charge is 2.08. The van der Waals surface area contributed by atoms with Crippen LogP contribution in [0.5, 0.6) is 5.88 Å². The van der Waals surface area contributed by atoms with Gasteiger partial charge in [0.1, 0.15) is 11.3 Å². The molecule has 18 heavy (non-hydrogen) atoms. The molecule has 0 aliphatic carbocycles. The summed E-state index contributed by atoms with van der Waals surface area (Å²) in [5, 5.41) is 0. The number of pyridine rings is 2. The molecule has 0 bridgehead atoms. The quantitative estimate of drug-likeness (QED) is 0.776. The van der Waals surface area contributed by atoms with E-state index < -0.39 is 0 Å². The lowest BCUT2D eigenvalue weighted by Crippen LogP contribution is -1.96. The molecule has 2 rings (SSSR count). The van der Waals surface area contributed by atoms with Crippen molar-refractivity contribution in [3.63, 3.8) is 0 Å². The van der Waals surface area contributed by atoms with Gasteiger partial charge in [-0.3, -0.25) is 4.98 Å². The van der Waals surface area contributed by atoms with E-state index in [1.165, 1.54) is 0 Å². The zero-order valence-corrected chi connectivity index (χ0v) is 9.93. The van der Waals surface area contributed by atoms with E-state index in [0.717, 1.165) is 16.6 Å². The predicted octanol–water partition coefficient (Wildman–Crippen LogP) is 3.28. The maximum absolute atomic E-state index is 5.41. The molecule has 0 fully saturated rings. The van der Waals surface area contributed by atoms with Crippen molar-refractivity contribution in [3.05, 3.63) is 36.5 Å². The molecular formula is C14H18N2O2. The third-order valence-corrected chi connectivity index (χ3v) is 2.39. The Balaban J connectivity index is 0.00000162. The second kappa shape index (κ2) is 6.00. The van der Waals surface area contributed by atoms with E-state index in [-0.39, 0.29) is 7.43 Å². The summed E-state index contributed by atoms with van der Waals surface area (Å²) < 4.78 is 10.5. The SMILES string of the molecule is C.C=C(OCC)c1ccnc2ccc(OC)nc12. The lowest BCUT2D eigenvalue weighted by atomic mass is 10.2. The van der Waals surface area contributed by atoms with Crippen LogP contribution in [0.4, 0.5) is 0 Å². The number of aromatic nitrogens is 2. The summed E-state index contributed by atoms with van der Waals surface area (Å²) >= 11 is 0. The fraction of sp³-hybridized carbons (Fsp3) is 0.286. The second-order valence-electron chi connectivity index (χ2n) is 3.44. The van der Waals surface area contributed by atoms with Gasteiger partial charge in [-0.2, -0.15) is 0 Å². The summed E-state index contributed by atoms with van der Waals surface area (Å²) in [6, 6.07) is 5.49. The molecule has 0 unspecified atom stereocenters. The third-order valence-electron chi connectivity index (χ3n) is 2.39. The maximum atomic E-state index is 5.41. The minimum atomic E-state index is 0. The first-order chi connectivity index (χ1) is 8.26. The van der Waals surface area contributed by atoms with Crippen LogP contribution in [0.25, 0.3) is 16.8 Å². The molecule has 0 saturated heterocycles. The topological polar surface area (TPSA) is 44.2 Å². The summed E-state index contributed by atoms with van der Waals surface area (Å²) in [5.41, 5.74) is 2.38. The van der Waals surface area contributed by atoms with Gasteiger partial charge in [0, 0.05) is 17.8 Å². The first-order valence-corrected chi connectivity index (χ1v) is 5.38. The zero-order chi connectivity index (χ0) is 12.3. The first kappa shape index (κ1) is 14.0. The Morgan fingerprint density at radius 3 is 2.78 bits per heavy atom. The smallest absolute Gasteiger partial charge is 0.213 e. The van der Waals surface area contributed by atoms with Crippen LogP contribution in [0, 0.1) is 0 Å². The average Bonchev–Trinajstić information content (AvgIpc) is 2.37. The molecule has 0 N–H and O–H groups in total. The number of methoxy groups -OCH3 is 1. The summed E-state index contributed by atoms with van der Waals surface area (Å²) in [5.74, 6) is 1.15. The average molecular weight is 246 g/mol. The van der Waals surface area contributed by atoms with Gasteiger partial charge in [0.15, 0.2) is 0 Å². The highest BCUT2D eigenvalue weighted by molar-refractivity contribution is 5.86. The van der Waals surface area contributed by atoms with Gasteiger partial charge in [-0.15, -0.1) is 0 Å². The zero-order valence-electron chi connectivity index (χ0n) is 9.93. The van der Waals surface area contributed by atoms with Crippen molar-refractivity contribution in [2.45, 2.75) is 14.4 Å². The first-order valence-electron chi connectivity index (χ1n) is 5.38. The molecule has 0 aliphatic rings. The predicted molar refractivity (Wildman–Crippen MR) is 73.5 cm³/mol. The Bertz CT molecular complexity index is 552. The molecule has 4 heteroatoms. The molecule has 0 radical (unpaired) electrons. The van der Waals surface area contributed by atoms with Gasteiger partial charge in [0.05, 0.1) is 19.2 Å². The molecule has 0 atom stereocenters. The minimum absolute atomic E-state index is 0. The maximum Gasteiger partial charge on any atom is 0.213 e. The number of rotatable bonds is 4. The van der Waals surface area contributed by atoms with E-state index in [2.05, 4.69) is 16.5 Å². The second-order valence-corrected chi connectivity index (χ2v) is 3.44. The Hall–Kier alpha value is -2.10. The number of hydrogen-bond acceptors (Lipinski definition) is 4. The lowest BCUT2D eigenvalue weighted by molar-refractivity contribution is 0.299. The van der Waals surface area contributed by atoms with Crippen molar-refractivity contribution in [1.29, 1.82) is 0 Å². The molecule has 0 aliphatic heterocycles. The van der Waals surface area contributed by atoms with Gasteiger partial charge in [0.25, 0.3) is 0 Å². The van der Waals surface area contributed by atoms with E-state index in [1.54, 1.807) is 19.4 Å². The van der Waals surface area contributed by atoms with Crippen molar-refractivity contribution >= 4 is 16.8 Å². The molecule has 0 saturated carbocycles. The summed E-state index contributed by atoms with van der Waals surface area (Å²) in [6.45, 7) is 6.38. The van der Waals surface area contributed by atoms with Gasteiger partial charge in [0.2, 0.25) is 5.88 Å². The molecule has 2 aromatic heterocycles. The van der Waals surface area contributed by atoms with Crippen molar-refractivity contribution in [2.24, 2.45) is 0 Å². The van der Waals surface area contributed by atoms with Crippen molar-refractivity contribution in [1.82, 2.24) is 9.97 Å². The molecule has 2 aromatic rings. The monoisotopic (exact) mass is 246 g/mol. The molecule has 0 amide bonds. The Morgan fingerprint density at radius 1 is 1.33 bits per heavy atom. The largest absolute Gasteiger partial charge is 0.494 e. The van der Waals surface area contributed by atoms with E-state index in [4.69, 9.17) is 9.47 Å². The van der Waals surface area contributed by atoms with Crippen LogP contribution in [-0.2, 0) is 4.74 Å². The number of fused-ring (bicyclic) bond motifs is 1. The molecular weight excluding hydrogens is 228 g/mol. The fourth-order valence-corrected chi connectivity index (χ4v) is 1.60. The Kier molecular flexibility index (Phi) is 4.66. The number of ether oxygens (including phenoxy) is 2. The van der Waals surface area contributed by atoms with Crippen molar-refractivity contribution < 1.29 is 9.47 Å². The summed E-state index contributed by atoms with van der Waals surface area (Å²) in [7, 11) is 1.58. The molecule has 0 aromatic carbocycles. The standard InChI is InChI=1S/C13H14N2O2.CH4/c1-4-17-9(2)10-7-8-14-11-5-6-12(16-3)15-13(10)11;/h5-8H,2,4H2,1,3H3;1H4. The number of hydrogen-bond donors (Lipinski definition) is 0. The lowest BCUT2D eigenvalue weighted by Gasteiger charge is -2.09. The van der Waals surface area contributed by atoms with Gasteiger partial charge in [-0.05, 0) is 19.1 Å². The normalized spacial score (nSPS) is 9.67. The molecule has 96 valence electrons. The Labute approximate surface area is 107 Å². The van der Waals surface area contributed by atoms with Gasteiger partial charge in [-0.1, -0.05) is 14.0 Å². The van der Waals surface area contributed by atoms with Gasteiger partial charge in [-0.25, -0.2) is 4.98 Å². The summed E-state index contributed by atoms with van der Waals surface area (Å²) in [6.07, 6.45) is 1.72. The van der Waals surface area contributed by atoms with Crippen LogP contribution in [0.15, 0.2) is 31.0 Å². The van der Waals surface area contributed by atoms with Crippen molar-refractivity contribution in [2.75, 3.05) is 13.7 Å². The fourth-order valence-electron chi connectivity index (χ4n) is 1.60. The van der Waals surface area contributed by atoms with Crippen LogP contribution in [0.3, 0.4) is 0 Å². The van der Waals surface area contributed by atoms with Crippen LogP contribution in [0.2, 0.25) is 0 Å². The van der Waals surface area contributed by atoms with Gasteiger partial charge < -0.3 is 9.47 Å². The molecule has 2 heterocycles. The van der Waals surface area contributed by atoms with Crippen LogP contribution in [0.1, 0.15) is 19.9 Å². The van der Waals surface area contributed by atoms with Crippen LogP contribution in [-0.4, -0.2) is 23.7 Å². The Morgan fingerprint density at radius 2 is 2.11 bits per heavy atom. The number of nitrogens with zero attached hydrogens (tertiary/aromatic N) is 2. The van der Waals surface area contributed by atoms with Gasteiger partial charge >= 0.3 is 0 Å². The van der Waals surface area contributed by atoms with E-state index in [9.17, 15) is 0 Å². The van der Waals surface area contributed by atoms with Crippen molar-refractivity contribution in [3.8, 4) is 5.88 Å². The molecule has 0 spiro atoms. The highest BCUT2D eigenvalue weighted by Crippen LogP contribution is 2.23. The minimum Gasteiger partial charge on any atom is -0.494 e. The summed E-state index contributed by atoms with van der Waals surface area (Å²) in [4.78, 5) is 8.62. The van der Waals surface area contributed by atoms with Crippen LogP contribution >= 0.6 is 0 Å². The highest BCUT2D eigenvalue weighted by atomic mass is 16.5. The van der Waals surface area contributed by atoms with E-state index in [0.29, 0.717) is 18.2 Å².